The molecule has 0 saturated heterocycles. The Morgan fingerprint density at radius 2 is 2.05 bits per heavy atom. The second-order valence-corrected chi connectivity index (χ2v) is 7.51. The predicted octanol–water partition coefficient (Wildman–Crippen LogP) is 2.48. The summed E-state index contributed by atoms with van der Waals surface area (Å²) in [6.45, 7) is 9.09. The first-order valence-corrected chi connectivity index (χ1v) is 8.55. The Balaban J connectivity index is 2.96. The van der Waals surface area contributed by atoms with Crippen LogP contribution in [0.4, 0.5) is 0 Å². The minimum absolute atomic E-state index is 0.166. The van der Waals surface area contributed by atoms with E-state index in [9.17, 15) is 8.42 Å². The largest absolute Gasteiger partial charge is 0.293 e. The van der Waals surface area contributed by atoms with Crippen molar-refractivity contribution in [1.82, 2.24) is 4.31 Å². The molecule has 0 bridgehead atoms. The number of rotatable bonds is 5. The third-order valence-corrected chi connectivity index (χ3v) is 5.73. The molecule has 0 saturated carbocycles. The zero-order chi connectivity index (χ0) is 14.6. The molecule has 0 aromatic rings. The van der Waals surface area contributed by atoms with Crippen molar-refractivity contribution in [3.63, 3.8) is 0 Å². The minimum atomic E-state index is -3.12. The van der Waals surface area contributed by atoms with E-state index < -0.39 is 10.0 Å². The first kappa shape index (κ1) is 16.4. The molecule has 0 amide bonds. The lowest BCUT2D eigenvalue weighted by molar-refractivity contribution is 0.416. The van der Waals surface area contributed by atoms with E-state index in [-0.39, 0.29) is 11.7 Å². The molecule has 0 atom stereocenters. The molecule has 4 nitrogen and oxygen atoms in total. The van der Waals surface area contributed by atoms with Gasteiger partial charge in [-0.05, 0) is 31.3 Å². The molecule has 0 unspecified atom stereocenters. The van der Waals surface area contributed by atoms with Crippen LogP contribution in [-0.4, -0.2) is 44.3 Å². The predicted molar refractivity (Wildman–Crippen MR) is 81.2 cm³/mol. The molecular weight excluding hydrogens is 260 g/mol. The molecule has 1 heterocycles. The fourth-order valence-corrected chi connectivity index (χ4v) is 4.24. The first-order chi connectivity index (χ1) is 8.81. The summed E-state index contributed by atoms with van der Waals surface area (Å²) in [6, 6.07) is 0. The lowest BCUT2D eigenvalue weighted by Crippen LogP contribution is -2.40. The second kappa shape index (κ2) is 6.66. The Morgan fingerprint density at radius 3 is 2.53 bits per heavy atom. The summed E-state index contributed by atoms with van der Waals surface area (Å²) in [6.07, 6.45) is 1.67. The quantitative estimate of drug-likeness (QED) is 0.729. The van der Waals surface area contributed by atoms with Crippen LogP contribution in [0.15, 0.2) is 16.1 Å². The van der Waals surface area contributed by atoms with Gasteiger partial charge in [-0.15, -0.1) is 0 Å². The van der Waals surface area contributed by atoms with Crippen LogP contribution in [0.2, 0.25) is 0 Å². The highest BCUT2D eigenvalue weighted by Crippen LogP contribution is 2.24. The molecule has 0 fully saturated rings. The molecule has 110 valence electrons. The van der Waals surface area contributed by atoms with Gasteiger partial charge in [0.2, 0.25) is 10.0 Å². The Bertz CT molecular complexity index is 476. The van der Waals surface area contributed by atoms with Gasteiger partial charge in [-0.2, -0.15) is 4.31 Å². The van der Waals surface area contributed by atoms with E-state index in [1.54, 1.807) is 11.4 Å². The summed E-state index contributed by atoms with van der Waals surface area (Å²) in [7, 11) is -1.33. The number of aliphatic imine (C=N–C) groups is 1. The van der Waals surface area contributed by atoms with Gasteiger partial charge in [-0.1, -0.05) is 26.3 Å². The maximum absolute atomic E-state index is 12.3. The molecular formula is C14H26N2O2S. The van der Waals surface area contributed by atoms with Gasteiger partial charge in [0.1, 0.15) is 0 Å². The molecule has 19 heavy (non-hydrogen) atoms. The maximum atomic E-state index is 12.3. The Kier molecular flexibility index (Phi) is 5.74. The van der Waals surface area contributed by atoms with Gasteiger partial charge < -0.3 is 0 Å². The van der Waals surface area contributed by atoms with Crippen molar-refractivity contribution in [2.75, 3.05) is 25.9 Å². The van der Waals surface area contributed by atoms with Crippen LogP contribution >= 0.6 is 0 Å². The monoisotopic (exact) mass is 286 g/mol. The van der Waals surface area contributed by atoms with Gasteiger partial charge >= 0.3 is 0 Å². The van der Waals surface area contributed by atoms with Crippen LogP contribution in [0, 0.1) is 5.92 Å². The number of nitrogens with zero attached hydrogens (tertiary/aromatic N) is 2. The summed E-state index contributed by atoms with van der Waals surface area (Å²) in [4.78, 5) is 4.24. The van der Waals surface area contributed by atoms with Crippen LogP contribution in [0.5, 0.6) is 0 Å². The average Bonchev–Trinajstić information content (AvgIpc) is 2.35. The maximum Gasteiger partial charge on any atom is 0.214 e. The van der Waals surface area contributed by atoms with Gasteiger partial charge in [-0.3, -0.25) is 4.99 Å². The van der Waals surface area contributed by atoms with Gasteiger partial charge in [0.05, 0.1) is 5.75 Å². The van der Waals surface area contributed by atoms with Crippen LogP contribution in [0.1, 0.15) is 40.5 Å². The molecule has 0 N–H and O–H groups in total. The van der Waals surface area contributed by atoms with Crippen LogP contribution in [-0.2, 0) is 10.0 Å². The Morgan fingerprint density at radius 1 is 1.42 bits per heavy atom. The van der Waals surface area contributed by atoms with Gasteiger partial charge in [0, 0.05) is 25.8 Å². The number of sulfonamides is 1. The van der Waals surface area contributed by atoms with E-state index in [0.717, 1.165) is 18.6 Å². The van der Waals surface area contributed by atoms with Crippen LogP contribution in [0.3, 0.4) is 0 Å². The van der Waals surface area contributed by atoms with Crippen molar-refractivity contribution in [1.29, 1.82) is 0 Å². The number of hydrogen-bond acceptors (Lipinski definition) is 3. The highest BCUT2D eigenvalue weighted by Gasteiger charge is 2.28. The zero-order valence-corrected chi connectivity index (χ0v) is 13.5. The van der Waals surface area contributed by atoms with E-state index in [1.807, 2.05) is 20.8 Å². The van der Waals surface area contributed by atoms with Crippen molar-refractivity contribution in [3.8, 4) is 0 Å². The number of hydrogen-bond donors (Lipinski definition) is 0. The van der Waals surface area contributed by atoms with Crippen LogP contribution < -0.4 is 0 Å². The zero-order valence-electron chi connectivity index (χ0n) is 12.7. The van der Waals surface area contributed by atoms with Crippen LogP contribution in [0.25, 0.3) is 0 Å². The lowest BCUT2D eigenvalue weighted by Gasteiger charge is -2.30. The third kappa shape index (κ3) is 4.14. The molecule has 0 aromatic heterocycles. The third-order valence-electron chi connectivity index (χ3n) is 3.54. The smallest absolute Gasteiger partial charge is 0.214 e. The van der Waals surface area contributed by atoms with E-state index in [4.69, 9.17) is 0 Å². The minimum Gasteiger partial charge on any atom is -0.293 e. The van der Waals surface area contributed by atoms with E-state index in [0.29, 0.717) is 13.1 Å². The normalized spacial score (nSPS) is 19.4. The summed E-state index contributed by atoms with van der Waals surface area (Å²) < 4.78 is 26.2. The van der Waals surface area contributed by atoms with Crippen molar-refractivity contribution < 1.29 is 8.42 Å². The topological polar surface area (TPSA) is 49.7 Å². The first-order valence-electron chi connectivity index (χ1n) is 6.94. The molecule has 1 aliphatic rings. The molecule has 1 rings (SSSR count). The Hall–Kier alpha value is -0.680. The van der Waals surface area contributed by atoms with Crippen molar-refractivity contribution in [2.24, 2.45) is 10.9 Å². The highest BCUT2D eigenvalue weighted by molar-refractivity contribution is 7.89. The second-order valence-electron chi connectivity index (χ2n) is 5.50. The molecule has 0 aromatic carbocycles. The molecule has 0 radical (unpaired) electrons. The molecule has 1 aliphatic heterocycles. The highest BCUT2D eigenvalue weighted by atomic mass is 32.2. The van der Waals surface area contributed by atoms with Gasteiger partial charge in [-0.25, -0.2) is 8.42 Å². The molecule has 5 heteroatoms. The summed E-state index contributed by atoms with van der Waals surface area (Å²) in [5.41, 5.74) is 3.50. The molecule has 0 spiro atoms. The summed E-state index contributed by atoms with van der Waals surface area (Å²) in [5.74, 6) is 0.402. The van der Waals surface area contributed by atoms with Gasteiger partial charge in [0.15, 0.2) is 0 Å². The fraction of sp³-hybridized carbons (Fsp3) is 0.786. The van der Waals surface area contributed by atoms with Crippen molar-refractivity contribution in [3.05, 3.63) is 11.1 Å². The lowest BCUT2D eigenvalue weighted by atomic mass is 9.96. The van der Waals surface area contributed by atoms with E-state index in [2.05, 4.69) is 11.9 Å². The van der Waals surface area contributed by atoms with E-state index >= 15 is 0 Å². The van der Waals surface area contributed by atoms with E-state index in [1.165, 1.54) is 11.1 Å². The van der Waals surface area contributed by atoms with Crippen molar-refractivity contribution in [2.45, 2.75) is 40.5 Å². The summed E-state index contributed by atoms with van der Waals surface area (Å²) in [5, 5.41) is 0. The summed E-state index contributed by atoms with van der Waals surface area (Å²) >= 11 is 0. The molecule has 0 aliphatic carbocycles. The van der Waals surface area contributed by atoms with Gasteiger partial charge in [0.25, 0.3) is 0 Å². The Labute approximate surface area is 117 Å². The average molecular weight is 286 g/mol. The standard InChI is InChI=1S/C14H26N2O2S/c1-6-13-9-16(19(17,18)10-11(2)3)8-7-14(13)12(4)15-5/h11H,6-10H2,1-5H3. The SMILES string of the molecule is CCC1=C(C(C)=NC)CCN(S(=O)(=O)CC(C)C)C1. The van der Waals surface area contributed by atoms with Crippen molar-refractivity contribution >= 4 is 15.7 Å². The fourth-order valence-electron chi connectivity index (χ4n) is 2.46.